The number of hydrogen-bond donors (Lipinski definition) is 1. The number of nitrogens with two attached hydrogens (primary N) is 1. The van der Waals surface area contributed by atoms with Gasteiger partial charge in [0.1, 0.15) is 0 Å². The highest BCUT2D eigenvalue weighted by atomic mass is 35.5. The minimum absolute atomic E-state index is 0.0224. The molecule has 0 aliphatic carbocycles. The van der Waals surface area contributed by atoms with E-state index in [2.05, 4.69) is 18.7 Å². The fraction of sp³-hybridized carbons (Fsp3) is 0.588. The first-order valence-corrected chi connectivity index (χ1v) is 8.33. The molecule has 2 fully saturated rings. The fourth-order valence-electron chi connectivity index (χ4n) is 3.59. The number of rotatable bonds is 2. The van der Waals surface area contributed by atoms with Crippen LogP contribution in [0.1, 0.15) is 26.7 Å². The highest BCUT2D eigenvalue weighted by Crippen LogP contribution is 2.32. The van der Waals surface area contributed by atoms with Crippen molar-refractivity contribution < 1.29 is 4.79 Å². The molecule has 0 bridgehead atoms. The van der Waals surface area contributed by atoms with E-state index in [9.17, 15) is 4.79 Å². The van der Waals surface area contributed by atoms with Gasteiger partial charge in [-0.05, 0) is 36.5 Å². The van der Waals surface area contributed by atoms with E-state index in [0.29, 0.717) is 5.02 Å². The zero-order valence-corrected chi connectivity index (χ0v) is 14.0. The molecule has 4 nitrogen and oxygen atoms in total. The van der Waals surface area contributed by atoms with Crippen molar-refractivity contribution in [1.82, 2.24) is 4.90 Å². The molecule has 2 N–H and O–H groups in total. The average molecular weight is 322 g/mol. The van der Waals surface area contributed by atoms with E-state index >= 15 is 0 Å². The molecule has 2 aliphatic heterocycles. The van der Waals surface area contributed by atoms with Crippen molar-refractivity contribution in [2.75, 3.05) is 24.5 Å². The van der Waals surface area contributed by atoms with E-state index in [-0.39, 0.29) is 23.4 Å². The van der Waals surface area contributed by atoms with Crippen molar-refractivity contribution in [3.05, 3.63) is 29.3 Å². The van der Waals surface area contributed by atoms with Gasteiger partial charge in [-0.3, -0.25) is 9.69 Å². The van der Waals surface area contributed by atoms with E-state index in [1.54, 1.807) is 0 Å². The van der Waals surface area contributed by atoms with Crippen LogP contribution in [0.15, 0.2) is 24.3 Å². The smallest absolute Gasteiger partial charge is 0.244 e. The molecule has 3 rings (SSSR count). The number of halogens is 1. The molecule has 2 heterocycles. The number of benzene rings is 1. The molecule has 1 aromatic carbocycles. The van der Waals surface area contributed by atoms with Crippen molar-refractivity contribution in [2.24, 2.45) is 11.1 Å². The zero-order chi connectivity index (χ0) is 15.9. The number of nitrogens with zero attached hydrogens (tertiary/aromatic N) is 2. The van der Waals surface area contributed by atoms with E-state index in [4.69, 9.17) is 17.3 Å². The van der Waals surface area contributed by atoms with Crippen molar-refractivity contribution in [2.45, 2.75) is 38.8 Å². The maximum absolute atomic E-state index is 12.8. The average Bonchev–Trinajstić information content (AvgIpc) is 2.84. The molecule has 5 heteroatoms. The van der Waals surface area contributed by atoms with Crippen LogP contribution in [0.3, 0.4) is 0 Å². The molecular formula is C17H24ClN3O. The Morgan fingerprint density at radius 1 is 1.27 bits per heavy atom. The van der Waals surface area contributed by atoms with Crippen molar-refractivity contribution in [3.63, 3.8) is 0 Å². The Bertz CT molecular complexity index is 575. The predicted molar refractivity (Wildman–Crippen MR) is 90.2 cm³/mol. The summed E-state index contributed by atoms with van der Waals surface area (Å²) in [6, 6.07) is 7.72. The van der Waals surface area contributed by atoms with E-state index in [1.165, 1.54) is 0 Å². The molecule has 2 unspecified atom stereocenters. The molecule has 120 valence electrons. The molecule has 1 aromatic rings. The number of piperidine rings is 1. The van der Waals surface area contributed by atoms with Gasteiger partial charge < -0.3 is 10.6 Å². The number of likely N-dealkylation sites (tertiary alicyclic amines) is 1. The van der Waals surface area contributed by atoms with Crippen LogP contribution < -0.4 is 10.6 Å². The van der Waals surface area contributed by atoms with Crippen LogP contribution in [0, 0.1) is 5.41 Å². The molecule has 0 aromatic heterocycles. The van der Waals surface area contributed by atoms with Crippen LogP contribution in [0.2, 0.25) is 5.02 Å². The van der Waals surface area contributed by atoms with Gasteiger partial charge in [-0.25, -0.2) is 0 Å². The first-order chi connectivity index (χ1) is 10.4. The van der Waals surface area contributed by atoms with Gasteiger partial charge in [-0.15, -0.1) is 0 Å². The number of carbonyl (C=O) groups is 1. The van der Waals surface area contributed by atoms with Gasteiger partial charge in [0, 0.05) is 36.4 Å². The topological polar surface area (TPSA) is 49.6 Å². The lowest BCUT2D eigenvalue weighted by Gasteiger charge is -2.44. The van der Waals surface area contributed by atoms with Gasteiger partial charge in [-0.2, -0.15) is 0 Å². The van der Waals surface area contributed by atoms with Crippen LogP contribution >= 0.6 is 11.6 Å². The van der Waals surface area contributed by atoms with Crippen LogP contribution in [0.4, 0.5) is 5.69 Å². The summed E-state index contributed by atoms with van der Waals surface area (Å²) in [5.41, 5.74) is 7.16. The second-order valence-corrected chi connectivity index (χ2v) is 7.56. The standard InChI is InChI=1S/C17H24ClN3O/c1-17(2)11-20(8-7-15(17)19)14-6-9-21(16(14)22)13-5-3-4-12(18)10-13/h3-5,10,14-15H,6-9,11,19H2,1-2H3. The normalized spacial score (nSPS) is 29.1. The fourth-order valence-corrected chi connectivity index (χ4v) is 3.77. The first-order valence-electron chi connectivity index (χ1n) is 7.95. The number of amides is 1. The third-order valence-corrected chi connectivity index (χ3v) is 5.31. The highest BCUT2D eigenvalue weighted by molar-refractivity contribution is 6.30. The van der Waals surface area contributed by atoms with Gasteiger partial charge in [0.15, 0.2) is 0 Å². The number of anilines is 1. The quantitative estimate of drug-likeness (QED) is 0.910. The molecule has 22 heavy (non-hydrogen) atoms. The SMILES string of the molecule is CC1(C)CN(C2CCN(c3cccc(Cl)c3)C2=O)CCC1N. The summed E-state index contributed by atoms with van der Waals surface area (Å²) in [5.74, 6) is 0.188. The summed E-state index contributed by atoms with van der Waals surface area (Å²) in [6.45, 7) is 6.93. The summed E-state index contributed by atoms with van der Waals surface area (Å²) in [6.07, 6.45) is 1.82. The highest BCUT2D eigenvalue weighted by Gasteiger charge is 2.42. The maximum atomic E-state index is 12.8. The lowest BCUT2D eigenvalue weighted by molar-refractivity contribution is -0.122. The van der Waals surface area contributed by atoms with Gasteiger partial charge in [0.2, 0.25) is 5.91 Å². The first kappa shape index (κ1) is 15.8. The molecule has 0 spiro atoms. The second kappa shape index (κ2) is 5.84. The summed E-state index contributed by atoms with van der Waals surface area (Å²) in [4.78, 5) is 17.0. The predicted octanol–water partition coefficient (Wildman–Crippen LogP) is 2.50. The summed E-state index contributed by atoms with van der Waals surface area (Å²) >= 11 is 6.05. The molecule has 2 atom stereocenters. The van der Waals surface area contributed by atoms with Crippen LogP contribution in [0.5, 0.6) is 0 Å². The maximum Gasteiger partial charge on any atom is 0.244 e. The lowest BCUT2D eigenvalue weighted by atomic mass is 9.79. The third kappa shape index (κ3) is 2.87. The van der Waals surface area contributed by atoms with E-state index < -0.39 is 0 Å². The lowest BCUT2D eigenvalue weighted by Crippen LogP contribution is -2.56. The molecule has 2 aliphatic rings. The van der Waals surface area contributed by atoms with Crippen LogP contribution in [-0.2, 0) is 4.79 Å². The molecular weight excluding hydrogens is 298 g/mol. The van der Waals surface area contributed by atoms with E-state index in [1.807, 2.05) is 29.2 Å². The van der Waals surface area contributed by atoms with Gasteiger partial charge >= 0.3 is 0 Å². The Morgan fingerprint density at radius 3 is 2.73 bits per heavy atom. The number of carbonyl (C=O) groups excluding carboxylic acids is 1. The van der Waals surface area contributed by atoms with Crippen molar-refractivity contribution in [1.29, 1.82) is 0 Å². The summed E-state index contributed by atoms with van der Waals surface area (Å²) in [5, 5.41) is 0.666. The van der Waals surface area contributed by atoms with Crippen LogP contribution in [0.25, 0.3) is 0 Å². The monoisotopic (exact) mass is 321 g/mol. The van der Waals surface area contributed by atoms with Crippen molar-refractivity contribution in [3.8, 4) is 0 Å². The Kier molecular flexibility index (Phi) is 4.19. The second-order valence-electron chi connectivity index (χ2n) is 7.13. The zero-order valence-electron chi connectivity index (χ0n) is 13.3. The minimum Gasteiger partial charge on any atom is -0.327 e. The molecule has 0 saturated carbocycles. The molecule has 1 amide bonds. The van der Waals surface area contributed by atoms with Crippen LogP contribution in [-0.4, -0.2) is 42.5 Å². The third-order valence-electron chi connectivity index (χ3n) is 5.08. The number of hydrogen-bond acceptors (Lipinski definition) is 3. The van der Waals surface area contributed by atoms with Gasteiger partial charge in [0.05, 0.1) is 6.04 Å². The summed E-state index contributed by atoms with van der Waals surface area (Å²) in [7, 11) is 0. The minimum atomic E-state index is -0.0224. The summed E-state index contributed by atoms with van der Waals surface area (Å²) < 4.78 is 0. The van der Waals surface area contributed by atoms with Gasteiger partial charge in [0.25, 0.3) is 0 Å². The Hall–Kier alpha value is -1.10. The van der Waals surface area contributed by atoms with Crippen molar-refractivity contribution >= 4 is 23.2 Å². The van der Waals surface area contributed by atoms with Gasteiger partial charge in [-0.1, -0.05) is 31.5 Å². The Labute approximate surface area is 137 Å². The van der Waals surface area contributed by atoms with E-state index in [0.717, 1.165) is 38.2 Å². The Balaban J connectivity index is 1.74. The largest absolute Gasteiger partial charge is 0.327 e. The molecule has 2 saturated heterocycles. The Morgan fingerprint density at radius 2 is 2.05 bits per heavy atom. The molecule has 0 radical (unpaired) electrons.